The molecule has 2 heterocycles. The second-order valence-electron chi connectivity index (χ2n) is 6.62. The third kappa shape index (κ3) is 3.70. The average Bonchev–Trinajstić information content (AvgIpc) is 3.03. The first-order chi connectivity index (χ1) is 11.5. The van der Waals surface area contributed by atoms with Crippen molar-refractivity contribution in [3.05, 3.63) is 24.3 Å². The molecular weight excluding hydrogens is 306 g/mol. The summed E-state index contributed by atoms with van der Waals surface area (Å²) in [5.41, 5.74) is 1.66. The van der Waals surface area contributed by atoms with Crippen molar-refractivity contribution in [2.24, 2.45) is 5.92 Å². The van der Waals surface area contributed by atoms with Crippen LogP contribution in [0.1, 0.15) is 26.2 Å². The molecule has 0 spiro atoms. The van der Waals surface area contributed by atoms with E-state index in [2.05, 4.69) is 9.88 Å². The summed E-state index contributed by atoms with van der Waals surface area (Å²) in [5.74, 6) is 0.220. The van der Waals surface area contributed by atoms with Gasteiger partial charge in [-0.3, -0.25) is 4.79 Å². The van der Waals surface area contributed by atoms with Gasteiger partial charge in [-0.25, -0.2) is 0 Å². The highest BCUT2D eigenvalue weighted by atomic mass is 16.4. The van der Waals surface area contributed by atoms with Gasteiger partial charge in [-0.05, 0) is 38.3 Å². The molecule has 24 heavy (non-hydrogen) atoms. The molecule has 1 atom stereocenters. The van der Waals surface area contributed by atoms with Crippen LogP contribution in [0.2, 0.25) is 0 Å². The van der Waals surface area contributed by atoms with Crippen LogP contribution in [0, 0.1) is 5.92 Å². The molecule has 1 aromatic carbocycles. The van der Waals surface area contributed by atoms with Gasteiger partial charge >= 0.3 is 0 Å². The summed E-state index contributed by atoms with van der Waals surface area (Å²) in [7, 11) is 1.82. The Bertz CT molecular complexity index is 657. The number of anilines is 1. The molecule has 0 saturated carbocycles. The van der Waals surface area contributed by atoms with Crippen molar-refractivity contribution in [1.82, 2.24) is 9.88 Å². The van der Waals surface area contributed by atoms with Crippen LogP contribution in [0.5, 0.6) is 0 Å². The average molecular weight is 331 g/mol. The Labute approximate surface area is 142 Å². The SMILES string of the molecule is CC(O)CCN(C)C(=O)C1CCN(c2nc3ccccc3o2)CC1. The summed E-state index contributed by atoms with van der Waals surface area (Å²) in [6, 6.07) is 8.38. The molecule has 1 aromatic heterocycles. The number of carbonyl (C=O) groups excluding carboxylic acids is 1. The standard InChI is InChI=1S/C18H25N3O3/c1-13(22)7-10-20(2)17(23)14-8-11-21(12-9-14)18-19-15-5-3-4-6-16(15)24-18/h3-6,13-14,22H,7-12H2,1-2H3. The zero-order valence-electron chi connectivity index (χ0n) is 14.3. The molecule has 0 aliphatic carbocycles. The van der Waals surface area contributed by atoms with E-state index in [0.29, 0.717) is 19.0 Å². The van der Waals surface area contributed by atoms with Crippen LogP contribution < -0.4 is 4.90 Å². The van der Waals surface area contributed by atoms with E-state index in [4.69, 9.17) is 4.42 Å². The quantitative estimate of drug-likeness (QED) is 0.910. The molecule has 1 amide bonds. The molecule has 1 aliphatic heterocycles. The van der Waals surface area contributed by atoms with E-state index in [1.807, 2.05) is 31.3 Å². The topological polar surface area (TPSA) is 69.8 Å². The fraction of sp³-hybridized carbons (Fsp3) is 0.556. The zero-order valence-corrected chi connectivity index (χ0v) is 14.3. The molecule has 1 saturated heterocycles. The van der Waals surface area contributed by atoms with Crippen LogP contribution in [0.3, 0.4) is 0 Å². The number of hydrogen-bond donors (Lipinski definition) is 1. The van der Waals surface area contributed by atoms with E-state index in [1.54, 1.807) is 11.8 Å². The molecular formula is C18H25N3O3. The summed E-state index contributed by atoms with van der Waals surface area (Å²) in [6.45, 7) is 3.89. The Hall–Kier alpha value is -2.08. The van der Waals surface area contributed by atoms with Crippen molar-refractivity contribution in [2.45, 2.75) is 32.3 Å². The number of rotatable bonds is 5. The lowest BCUT2D eigenvalue weighted by atomic mass is 9.95. The maximum atomic E-state index is 12.5. The number of piperidine rings is 1. The van der Waals surface area contributed by atoms with Crippen molar-refractivity contribution in [3.63, 3.8) is 0 Å². The fourth-order valence-electron chi connectivity index (χ4n) is 3.12. The number of nitrogens with zero attached hydrogens (tertiary/aromatic N) is 3. The van der Waals surface area contributed by atoms with E-state index in [0.717, 1.165) is 37.0 Å². The lowest BCUT2D eigenvalue weighted by Crippen LogP contribution is -2.42. The predicted octanol–water partition coefficient (Wildman–Crippen LogP) is 2.27. The molecule has 0 bridgehead atoms. The van der Waals surface area contributed by atoms with E-state index >= 15 is 0 Å². The third-order valence-electron chi connectivity index (χ3n) is 4.66. The Balaban J connectivity index is 1.56. The Morgan fingerprint density at radius 3 is 2.79 bits per heavy atom. The first-order valence-electron chi connectivity index (χ1n) is 8.58. The number of aromatic nitrogens is 1. The minimum Gasteiger partial charge on any atom is -0.423 e. The number of amides is 1. The van der Waals surface area contributed by atoms with Gasteiger partial charge in [0.25, 0.3) is 6.01 Å². The fourth-order valence-corrected chi connectivity index (χ4v) is 3.12. The predicted molar refractivity (Wildman–Crippen MR) is 92.9 cm³/mol. The Morgan fingerprint density at radius 1 is 1.42 bits per heavy atom. The molecule has 1 aliphatic rings. The van der Waals surface area contributed by atoms with E-state index < -0.39 is 0 Å². The van der Waals surface area contributed by atoms with Crippen molar-refractivity contribution in [1.29, 1.82) is 0 Å². The van der Waals surface area contributed by atoms with E-state index in [1.165, 1.54) is 0 Å². The number of hydrogen-bond acceptors (Lipinski definition) is 5. The smallest absolute Gasteiger partial charge is 0.298 e. The maximum absolute atomic E-state index is 12.5. The number of oxazole rings is 1. The second kappa shape index (κ2) is 7.21. The Morgan fingerprint density at radius 2 is 2.12 bits per heavy atom. The van der Waals surface area contributed by atoms with E-state index in [9.17, 15) is 9.90 Å². The van der Waals surface area contributed by atoms with Gasteiger partial charge in [-0.1, -0.05) is 12.1 Å². The zero-order chi connectivity index (χ0) is 17.1. The van der Waals surface area contributed by atoms with Gasteiger partial charge in [0.05, 0.1) is 6.10 Å². The second-order valence-corrected chi connectivity index (χ2v) is 6.62. The minimum atomic E-state index is -0.374. The van der Waals surface area contributed by atoms with Crippen molar-refractivity contribution < 1.29 is 14.3 Å². The molecule has 1 unspecified atom stereocenters. The molecule has 2 aromatic rings. The highest BCUT2D eigenvalue weighted by molar-refractivity contribution is 5.79. The summed E-state index contributed by atoms with van der Waals surface area (Å²) in [4.78, 5) is 20.9. The minimum absolute atomic E-state index is 0.0460. The largest absolute Gasteiger partial charge is 0.423 e. The lowest BCUT2D eigenvalue weighted by Gasteiger charge is -2.32. The van der Waals surface area contributed by atoms with Crippen LogP contribution in [-0.2, 0) is 4.79 Å². The van der Waals surface area contributed by atoms with Crippen molar-refractivity contribution in [3.8, 4) is 0 Å². The van der Waals surface area contributed by atoms with Gasteiger partial charge in [0.15, 0.2) is 5.58 Å². The summed E-state index contributed by atoms with van der Waals surface area (Å²) >= 11 is 0. The van der Waals surface area contributed by atoms with Crippen LogP contribution >= 0.6 is 0 Å². The molecule has 1 fully saturated rings. The number of benzene rings is 1. The van der Waals surface area contributed by atoms with Crippen molar-refractivity contribution in [2.75, 3.05) is 31.6 Å². The summed E-state index contributed by atoms with van der Waals surface area (Å²) in [5, 5.41) is 9.35. The van der Waals surface area contributed by atoms with E-state index in [-0.39, 0.29) is 17.9 Å². The van der Waals surface area contributed by atoms with Crippen LogP contribution in [0.15, 0.2) is 28.7 Å². The molecule has 0 radical (unpaired) electrons. The highest BCUT2D eigenvalue weighted by Crippen LogP contribution is 2.27. The van der Waals surface area contributed by atoms with Gasteiger partial charge in [0.1, 0.15) is 5.52 Å². The van der Waals surface area contributed by atoms with Gasteiger partial charge < -0.3 is 19.3 Å². The van der Waals surface area contributed by atoms with Gasteiger partial charge in [-0.2, -0.15) is 4.98 Å². The third-order valence-corrected chi connectivity index (χ3v) is 4.66. The van der Waals surface area contributed by atoms with Gasteiger partial charge in [-0.15, -0.1) is 0 Å². The molecule has 6 nitrogen and oxygen atoms in total. The van der Waals surface area contributed by atoms with Gasteiger partial charge in [0, 0.05) is 32.6 Å². The van der Waals surface area contributed by atoms with Crippen molar-refractivity contribution >= 4 is 23.0 Å². The summed E-state index contributed by atoms with van der Waals surface area (Å²) < 4.78 is 5.81. The highest BCUT2D eigenvalue weighted by Gasteiger charge is 2.28. The van der Waals surface area contributed by atoms with Gasteiger partial charge in [0.2, 0.25) is 5.91 Å². The first-order valence-corrected chi connectivity index (χ1v) is 8.58. The van der Waals surface area contributed by atoms with Crippen LogP contribution in [0.25, 0.3) is 11.1 Å². The number of aliphatic hydroxyl groups is 1. The molecule has 3 rings (SSSR count). The van der Waals surface area contributed by atoms with Crippen LogP contribution in [0.4, 0.5) is 6.01 Å². The number of aliphatic hydroxyl groups excluding tert-OH is 1. The van der Waals surface area contributed by atoms with Crippen LogP contribution in [-0.4, -0.2) is 53.7 Å². The molecule has 1 N–H and O–H groups in total. The molecule has 130 valence electrons. The summed E-state index contributed by atoms with van der Waals surface area (Å²) in [6.07, 6.45) is 1.85. The monoisotopic (exact) mass is 331 g/mol. The molecule has 6 heteroatoms. The Kier molecular flexibility index (Phi) is 5.04. The number of para-hydroxylation sites is 2. The number of carbonyl (C=O) groups is 1. The normalized spacial score (nSPS) is 17.2. The number of fused-ring (bicyclic) bond motifs is 1. The lowest BCUT2D eigenvalue weighted by molar-refractivity contribution is -0.135. The maximum Gasteiger partial charge on any atom is 0.298 e. The first kappa shape index (κ1) is 16.8.